The van der Waals surface area contributed by atoms with Gasteiger partial charge in [-0.05, 0) is 46.8 Å². The second kappa shape index (κ2) is 5.94. The molecule has 96 valence electrons. The molecule has 0 bridgehead atoms. The van der Waals surface area contributed by atoms with Gasteiger partial charge in [0.1, 0.15) is 0 Å². The predicted molar refractivity (Wildman–Crippen MR) is 73.6 cm³/mol. The third-order valence-corrected chi connectivity index (χ3v) is 4.59. The fourth-order valence-corrected chi connectivity index (χ4v) is 3.43. The molecule has 0 unspecified atom stereocenters. The summed E-state index contributed by atoms with van der Waals surface area (Å²) >= 11 is 1.84. The van der Waals surface area contributed by atoms with Gasteiger partial charge in [0.2, 0.25) is 0 Å². The van der Waals surface area contributed by atoms with Crippen molar-refractivity contribution in [3.63, 3.8) is 0 Å². The fourth-order valence-electron chi connectivity index (χ4n) is 2.44. The highest BCUT2D eigenvalue weighted by molar-refractivity contribution is 7.09. The van der Waals surface area contributed by atoms with E-state index in [1.165, 1.54) is 36.6 Å². The molecule has 1 aromatic rings. The summed E-state index contributed by atoms with van der Waals surface area (Å²) in [5, 5.41) is 6.70. The van der Waals surface area contributed by atoms with E-state index >= 15 is 0 Å². The van der Waals surface area contributed by atoms with E-state index in [4.69, 9.17) is 4.98 Å². The van der Waals surface area contributed by atoms with Gasteiger partial charge in [-0.3, -0.25) is 0 Å². The van der Waals surface area contributed by atoms with Crippen LogP contribution in [0.3, 0.4) is 0 Å². The van der Waals surface area contributed by atoms with Gasteiger partial charge in [-0.25, -0.2) is 4.98 Å². The van der Waals surface area contributed by atoms with Crippen molar-refractivity contribution in [1.29, 1.82) is 0 Å². The standard InChI is InChI=1S/C13H23N3S/c1-10(2)16-6-4-11(5-7-16)13-15-12(8-14-3)9-17-13/h9-11,14H,4-8H2,1-3H3. The average molecular weight is 253 g/mol. The molecule has 2 heterocycles. The Bertz CT molecular complexity index is 340. The SMILES string of the molecule is CNCc1csc(C2CCN(C(C)C)CC2)n1. The monoisotopic (exact) mass is 253 g/mol. The van der Waals surface area contributed by atoms with Crippen LogP contribution in [-0.4, -0.2) is 36.1 Å². The van der Waals surface area contributed by atoms with Gasteiger partial charge in [-0.2, -0.15) is 0 Å². The predicted octanol–water partition coefficient (Wildman–Crippen LogP) is 2.45. The van der Waals surface area contributed by atoms with Crippen LogP contribution in [0.5, 0.6) is 0 Å². The molecule has 0 saturated carbocycles. The summed E-state index contributed by atoms with van der Waals surface area (Å²) in [6, 6.07) is 0.687. The van der Waals surface area contributed by atoms with Crippen molar-refractivity contribution in [1.82, 2.24) is 15.2 Å². The molecule has 1 fully saturated rings. The fraction of sp³-hybridized carbons (Fsp3) is 0.769. The number of aromatic nitrogens is 1. The maximum atomic E-state index is 4.73. The molecule has 3 nitrogen and oxygen atoms in total. The van der Waals surface area contributed by atoms with Crippen LogP contribution in [0.4, 0.5) is 0 Å². The Balaban J connectivity index is 1.91. The lowest BCUT2D eigenvalue weighted by Crippen LogP contribution is -2.37. The molecule has 1 aliphatic heterocycles. The highest BCUT2D eigenvalue weighted by Gasteiger charge is 2.23. The van der Waals surface area contributed by atoms with Crippen LogP contribution in [0.2, 0.25) is 0 Å². The summed E-state index contributed by atoms with van der Waals surface area (Å²) in [4.78, 5) is 7.30. The van der Waals surface area contributed by atoms with Crippen molar-refractivity contribution in [3.8, 4) is 0 Å². The molecule has 1 saturated heterocycles. The molecule has 1 N–H and O–H groups in total. The first-order chi connectivity index (χ1) is 8.20. The first-order valence-corrected chi connectivity index (χ1v) is 7.41. The minimum absolute atomic E-state index is 0.687. The van der Waals surface area contributed by atoms with Gasteiger partial charge in [0.15, 0.2) is 0 Å². The highest BCUT2D eigenvalue weighted by atomic mass is 32.1. The number of nitrogens with one attached hydrogen (secondary N) is 1. The second-order valence-electron chi connectivity index (χ2n) is 5.11. The summed E-state index contributed by atoms with van der Waals surface area (Å²) < 4.78 is 0. The van der Waals surface area contributed by atoms with E-state index < -0.39 is 0 Å². The van der Waals surface area contributed by atoms with Gasteiger partial charge >= 0.3 is 0 Å². The number of nitrogens with zero attached hydrogens (tertiary/aromatic N) is 2. The second-order valence-corrected chi connectivity index (χ2v) is 6.00. The Morgan fingerprint density at radius 1 is 1.47 bits per heavy atom. The van der Waals surface area contributed by atoms with Gasteiger partial charge in [-0.15, -0.1) is 11.3 Å². The van der Waals surface area contributed by atoms with Crippen LogP contribution in [0.1, 0.15) is 43.3 Å². The van der Waals surface area contributed by atoms with Gasteiger partial charge in [-0.1, -0.05) is 0 Å². The average Bonchev–Trinajstić information content (AvgIpc) is 2.78. The van der Waals surface area contributed by atoms with E-state index in [-0.39, 0.29) is 0 Å². The number of hydrogen-bond donors (Lipinski definition) is 1. The van der Waals surface area contributed by atoms with E-state index in [1.54, 1.807) is 0 Å². The maximum Gasteiger partial charge on any atom is 0.0960 e. The molecule has 2 rings (SSSR count). The van der Waals surface area contributed by atoms with Crippen LogP contribution in [-0.2, 0) is 6.54 Å². The first kappa shape index (κ1) is 13.0. The van der Waals surface area contributed by atoms with Crippen LogP contribution < -0.4 is 5.32 Å². The smallest absolute Gasteiger partial charge is 0.0960 e. The summed E-state index contributed by atoms with van der Waals surface area (Å²) in [5.74, 6) is 0.695. The van der Waals surface area contributed by atoms with Crippen molar-refractivity contribution in [2.24, 2.45) is 0 Å². The molecule has 17 heavy (non-hydrogen) atoms. The largest absolute Gasteiger partial charge is 0.314 e. The van der Waals surface area contributed by atoms with E-state index in [2.05, 4.69) is 29.4 Å². The van der Waals surface area contributed by atoms with Gasteiger partial charge in [0.25, 0.3) is 0 Å². The summed E-state index contributed by atoms with van der Waals surface area (Å²) in [5.41, 5.74) is 1.19. The third kappa shape index (κ3) is 3.27. The normalized spacial score (nSPS) is 19.1. The third-order valence-electron chi connectivity index (χ3n) is 3.54. The molecule has 0 aromatic carbocycles. The van der Waals surface area contributed by atoms with Gasteiger partial charge in [0, 0.05) is 23.9 Å². The Morgan fingerprint density at radius 2 is 2.18 bits per heavy atom. The summed E-state index contributed by atoms with van der Waals surface area (Å²) in [7, 11) is 1.97. The number of thiazole rings is 1. The zero-order valence-corrected chi connectivity index (χ0v) is 11.9. The molecular weight excluding hydrogens is 230 g/mol. The van der Waals surface area contributed by atoms with Crippen molar-refractivity contribution < 1.29 is 0 Å². The Morgan fingerprint density at radius 3 is 2.76 bits per heavy atom. The number of hydrogen-bond acceptors (Lipinski definition) is 4. The molecule has 0 spiro atoms. The molecule has 1 aliphatic rings. The lowest BCUT2D eigenvalue weighted by atomic mass is 9.97. The Hall–Kier alpha value is -0.450. The quantitative estimate of drug-likeness (QED) is 0.893. The topological polar surface area (TPSA) is 28.2 Å². The molecule has 0 atom stereocenters. The summed E-state index contributed by atoms with van der Waals surface area (Å²) in [6.45, 7) is 7.91. The van der Waals surface area contributed by atoms with Crippen LogP contribution in [0.25, 0.3) is 0 Å². The molecule has 0 radical (unpaired) electrons. The maximum absolute atomic E-state index is 4.73. The molecule has 0 amide bonds. The molecule has 0 aliphatic carbocycles. The van der Waals surface area contributed by atoms with Gasteiger partial charge < -0.3 is 10.2 Å². The van der Waals surface area contributed by atoms with Crippen LogP contribution in [0.15, 0.2) is 5.38 Å². The van der Waals surface area contributed by atoms with E-state index in [0.717, 1.165) is 6.54 Å². The minimum Gasteiger partial charge on any atom is -0.314 e. The molecule has 4 heteroatoms. The number of rotatable bonds is 4. The van der Waals surface area contributed by atoms with Crippen LogP contribution in [0, 0.1) is 0 Å². The van der Waals surface area contributed by atoms with Gasteiger partial charge in [0.05, 0.1) is 10.7 Å². The van der Waals surface area contributed by atoms with Crippen molar-refractivity contribution in [2.75, 3.05) is 20.1 Å². The van der Waals surface area contributed by atoms with Crippen molar-refractivity contribution in [2.45, 2.75) is 45.2 Å². The van der Waals surface area contributed by atoms with Crippen molar-refractivity contribution >= 4 is 11.3 Å². The lowest BCUT2D eigenvalue weighted by molar-refractivity contribution is 0.171. The zero-order valence-electron chi connectivity index (χ0n) is 11.1. The summed E-state index contributed by atoms with van der Waals surface area (Å²) in [6.07, 6.45) is 2.54. The molecule has 1 aromatic heterocycles. The first-order valence-electron chi connectivity index (χ1n) is 6.53. The zero-order chi connectivity index (χ0) is 12.3. The van der Waals surface area contributed by atoms with Crippen molar-refractivity contribution in [3.05, 3.63) is 16.1 Å². The lowest BCUT2D eigenvalue weighted by Gasteiger charge is -2.33. The number of piperidine rings is 1. The molecular formula is C13H23N3S. The van der Waals surface area contributed by atoms with Crippen LogP contribution >= 0.6 is 11.3 Å². The Labute approximate surface area is 108 Å². The number of likely N-dealkylation sites (tertiary alicyclic amines) is 1. The van der Waals surface area contributed by atoms with E-state index in [9.17, 15) is 0 Å². The highest BCUT2D eigenvalue weighted by Crippen LogP contribution is 2.30. The Kier molecular flexibility index (Phi) is 4.54. The minimum atomic E-state index is 0.687. The van der Waals surface area contributed by atoms with E-state index in [0.29, 0.717) is 12.0 Å². The van der Waals surface area contributed by atoms with E-state index in [1.807, 2.05) is 18.4 Å².